The van der Waals surface area contributed by atoms with Gasteiger partial charge in [-0.05, 0) is 37.6 Å². The Labute approximate surface area is 174 Å². The van der Waals surface area contributed by atoms with E-state index in [4.69, 9.17) is 4.74 Å². The zero-order valence-corrected chi connectivity index (χ0v) is 18.2. The predicted octanol–water partition coefficient (Wildman–Crippen LogP) is 2.40. The highest BCUT2D eigenvalue weighted by atomic mass is 19.1. The van der Waals surface area contributed by atoms with E-state index >= 15 is 0 Å². The second-order valence-electron chi connectivity index (χ2n) is 7.87. The van der Waals surface area contributed by atoms with Crippen LogP contribution in [0, 0.1) is 11.7 Å². The lowest BCUT2D eigenvalue weighted by atomic mass is 10.1. The van der Waals surface area contributed by atoms with E-state index < -0.39 is 0 Å². The summed E-state index contributed by atoms with van der Waals surface area (Å²) >= 11 is 0. The van der Waals surface area contributed by atoms with Gasteiger partial charge in [-0.15, -0.1) is 0 Å². The lowest BCUT2D eigenvalue weighted by molar-refractivity contribution is 0.114. The van der Waals surface area contributed by atoms with Crippen LogP contribution in [-0.4, -0.2) is 81.8 Å². The highest BCUT2D eigenvalue weighted by Crippen LogP contribution is 2.22. The number of aliphatic imine (C=N–C) groups is 1. The van der Waals surface area contributed by atoms with Crippen molar-refractivity contribution in [1.82, 2.24) is 15.1 Å². The van der Waals surface area contributed by atoms with Crippen LogP contribution in [0.1, 0.15) is 25.8 Å². The van der Waals surface area contributed by atoms with Crippen LogP contribution < -0.4 is 10.2 Å². The molecule has 7 heteroatoms. The number of piperazine rings is 1. The molecule has 3 rings (SSSR count). The number of likely N-dealkylation sites (N-methyl/N-ethyl adjacent to an activating group) is 1. The van der Waals surface area contributed by atoms with Gasteiger partial charge in [0.05, 0.1) is 12.3 Å². The van der Waals surface area contributed by atoms with Crippen molar-refractivity contribution in [3.63, 3.8) is 0 Å². The van der Waals surface area contributed by atoms with Crippen molar-refractivity contribution in [3.8, 4) is 0 Å². The Bertz CT molecular complexity index is 675. The topological polar surface area (TPSA) is 43.3 Å². The number of nitrogens with one attached hydrogen (secondary N) is 1. The Morgan fingerprint density at radius 3 is 2.66 bits per heavy atom. The quantitative estimate of drug-likeness (QED) is 0.557. The number of guanidine groups is 1. The van der Waals surface area contributed by atoms with Crippen LogP contribution in [0.3, 0.4) is 0 Å². The molecule has 6 nitrogen and oxygen atoms in total. The zero-order valence-electron chi connectivity index (χ0n) is 18.2. The maximum Gasteiger partial charge on any atom is 0.193 e. The third-order valence-electron chi connectivity index (χ3n) is 5.98. The fraction of sp³-hybridized carbons (Fsp3) is 0.682. The maximum atomic E-state index is 14.8. The van der Waals surface area contributed by atoms with Gasteiger partial charge in [0.25, 0.3) is 0 Å². The lowest BCUT2D eigenvalue weighted by Gasteiger charge is -2.35. The highest BCUT2D eigenvalue weighted by Gasteiger charge is 2.25. The van der Waals surface area contributed by atoms with Gasteiger partial charge in [-0.25, -0.2) is 4.39 Å². The van der Waals surface area contributed by atoms with Gasteiger partial charge in [0.15, 0.2) is 5.96 Å². The summed E-state index contributed by atoms with van der Waals surface area (Å²) in [6, 6.07) is 5.60. The van der Waals surface area contributed by atoms with E-state index in [-0.39, 0.29) is 5.82 Å². The summed E-state index contributed by atoms with van der Waals surface area (Å²) in [4.78, 5) is 11.2. The van der Waals surface area contributed by atoms with E-state index in [1.54, 1.807) is 13.1 Å². The summed E-state index contributed by atoms with van der Waals surface area (Å²) in [5.41, 5.74) is 1.65. The van der Waals surface area contributed by atoms with Crippen LogP contribution in [0.2, 0.25) is 0 Å². The van der Waals surface area contributed by atoms with Crippen LogP contribution in [0.5, 0.6) is 0 Å². The first-order valence-corrected chi connectivity index (χ1v) is 10.9. The van der Waals surface area contributed by atoms with Crippen LogP contribution in [0.15, 0.2) is 23.2 Å². The number of likely N-dealkylation sites (tertiary alicyclic amines) is 1. The smallest absolute Gasteiger partial charge is 0.193 e. The van der Waals surface area contributed by atoms with E-state index in [0.29, 0.717) is 18.2 Å². The van der Waals surface area contributed by atoms with Crippen LogP contribution in [0.25, 0.3) is 0 Å². The first-order valence-electron chi connectivity index (χ1n) is 10.9. The Hall–Kier alpha value is -1.86. The Morgan fingerprint density at radius 1 is 1.21 bits per heavy atom. The van der Waals surface area contributed by atoms with Gasteiger partial charge >= 0.3 is 0 Å². The second kappa shape index (κ2) is 10.8. The van der Waals surface area contributed by atoms with Crippen molar-refractivity contribution in [2.45, 2.75) is 26.8 Å². The molecule has 29 heavy (non-hydrogen) atoms. The number of hydrogen-bond donors (Lipinski definition) is 1. The number of benzene rings is 1. The van der Waals surface area contributed by atoms with Crippen molar-refractivity contribution in [2.75, 3.05) is 71.0 Å². The van der Waals surface area contributed by atoms with Crippen molar-refractivity contribution < 1.29 is 9.13 Å². The average molecular weight is 406 g/mol. The summed E-state index contributed by atoms with van der Waals surface area (Å²) < 4.78 is 20.3. The number of hydrogen-bond acceptors (Lipinski definition) is 4. The molecule has 1 unspecified atom stereocenters. The minimum absolute atomic E-state index is 0.137. The minimum Gasteiger partial charge on any atom is -0.381 e. The summed E-state index contributed by atoms with van der Waals surface area (Å²) in [5, 5.41) is 3.39. The molecule has 1 aromatic rings. The number of anilines is 1. The molecule has 0 aromatic heterocycles. The van der Waals surface area contributed by atoms with E-state index in [2.05, 4.69) is 31.9 Å². The largest absolute Gasteiger partial charge is 0.381 e. The number of ether oxygens (including phenoxy) is 1. The molecule has 0 saturated carbocycles. The molecule has 0 spiro atoms. The van der Waals surface area contributed by atoms with Crippen LogP contribution in [0.4, 0.5) is 10.1 Å². The Morgan fingerprint density at radius 2 is 2.00 bits per heavy atom. The van der Waals surface area contributed by atoms with E-state index in [1.165, 1.54) is 0 Å². The molecular formula is C22H36FN5O. The predicted molar refractivity (Wildman–Crippen MR) is 117 cm³/mol. The number of halogens is 1. The van der Waals surface area contributed by atoms with Gasteiger partial charge in [-0.3, -0.25) is 4.99 Å². The Balaban J connectivity index is 1.52. The van der Waals surface area contributed by atoms with Crippen LogP contribution in [-0.2, 0) is 11.3 Å². The molecule has 1 aromatic carbocycles. The van der Waals surface area contributed by atoms with Gasteiger partial charge in [-0.1, -0.05) is 13.0 Å². The summed E-state index contributed by atoms with van der Waals surface area (Å²) in [7, 11) is 1.80. The monoisotopic (exact) mass is 405 g/mol. The minimum atomic E-state index is -0.137. The third kappa shape index (κ3) is 5.82. The van der Waals surface area contributed by atoms with Crippen molar-refractivity contribution >= 4 is 11.6 Å². The lowest BCUT2D eigenvalue weighted by Crippen LogP contribution is -2.46. The fourth-order valence-electron chi connectivity index (χ4n) is 4.18. The maximum absolute atomic E-state index is 14.8. The molecule has 0 aliphatic carbocycles. The molecule has 0 amide bonds. The SMILES string of the molecule is CCOCC1CCN(C(=NC)NCc2ccc(N3CCN(CC)CC3)c(F)c2)C1. The van der Waals surface area contributed by atoms with Crippen LogP contribution >= 0.6 is 0 Å². The molecule has 2 saturated heterocycles. The molecule has 0 radical (unpaired) electrons. The van der Waals surface area contributed by atoms with E-state index in [0.717, 1.165) is 77.0 Å². The molecule has 2 aliphatic rings. The number of nitrogens with zero attached hydrogens (tertiary/aromatic N) is 4. The van der Waals surface area contributed by atoms with E-state index in [1.807, 2.05) is 19.1 Å². The van der Waals surface area contributed by atoms with Crippen molar-refractivity contribution in [3.05, 3.63) is 29.6 Å². The molecule has 2 fully saturated rings. The van der Waals surface area contributed by atoms with Gasteiger partial charge in [0, 0.05) is 65.4 Å². The average Bonchev–Trinajstić information content (AvgIpc) is 3.22. The van der Waals surface area contributed by atoms with Gasteiger partial charge in [0.2, 0.25) is 0 Å². The van der Waals surface area contributed by atoms with E-state index in [9.17, 15) is 4.39 Å². The summed E-state index contributed by atoms with van der Waals surface area (Å²) in [6.45, 7) is 13.1. The standard InChI is InChI=1S/C22H36FN5O/c1-4-26-10-12-27(13-11-26)21-7-6-18(14-20(21)23)15-25-22(24-3)28-9-8-19(16-28)17-29-5-2/h6-7,14,19H,4-5,8-13,15-17H2,1-3H3,(H,24,25). The van der Waals surface area contributed by atoms with Gasteiger partial charge < -0.3 is 24.8 Å². The first kappa shape index (κ1) is 21.8. The second-order valence-corrected chi connectivity index (χ2v) is 7.87. The molecule has 2 aliphatic heterocycles. The number of rotatable bonds is 7. The van der Waals surface area contributed by atoms with Gasteiger partial charge in [0.1, 0.15) is 5.82 Å². The highest BCUT2D eigenvalue weighted by molar-refractivity contribution is 5.80. The molecule has 1 atom stereocenters. The summed E-state index contributed by atoms with van der Waals surface area (Å²) in [5.74, 6) is 1.30. The summed E-state index contributed by atoms with van der Waals surface area (Å²) in [6.07, 6.45) is 1.12. The third-order valence-corrected chi connectivity index (χ3v) is 5.98. The molecule has 2 heterocycles. The molecular weight excluding hydrogens is 369 g/mol. The normalized spacial score (nSPS) is 21.1. The van der Waals surface area contributed by atoms with Crippen molar-refractivity contribution in [1.29, 1.82) is 0 Å². The Kier molecular flexibility index (Phi) is 8.12. The first-order chi connectivity index (χ1) is 14.1. The molecule has 162 valence electrons. The molecule has 1 N–H and O–H groups in total. The van der Waals surface area contributed by atoms with Gasteiger partial charge in [-0.2, -0.15) is 0 Å². The van der Waals surface area contributed by atoms with Crippen molar-refractivity contribution in [2.24, 2.45) is 10.9 Å². The molecule has 0 bridgehead atoms. The zero-order chi connectivity index (χ0) is 20.6. The fourth-order valence-corrected chi connectivity index (χ4v) is 4.18.